The molecule has 27 heavy (non-hydrogen) atoms. The van der Waals surface area contributed by atoms with Crippen LogP contribution in [0, 0.1) is 23.2 Å². The van der Waals surface area contributed by atoms with Crippen molar-refractivity contribution >= 4 is 0 Å². The van der Waals surface area contributed by atoms with E-state index in [9.17, 15) is 5.26 Å². The summed E-state index contributed by atoms with van der Waals surface area (Å²) < 4.78 is 0. The largest absolute Gasteiger partial charge is 0.299 e. The van der Waals surface area contributed by atoms with Gasteiger partial charge in [0.2, 0.25) is 0 Å². The molecule has 0 aromatic heterocycles. The maximum Gasteiger partial charge on any atom is 0.125 e. The predicted octanol–water partition coefficient (Wildman–Crippen LogP) is 5.17. The topological polar surface area (TPSA) is 27.0 Å². The van der Waals surface area contributed by atoms with Crippen LogP contribution in [0.3, 0.4) is 0 Å². The molecule has 2 aliphatic heterocycles. The van der Waals surface area contributed by atoms with Gasteiger partial charge in [0.15, 0.2) is 0 Å². The Balaban J connectivity index is 1.60. The molecule has 2 heteroatoms. The second-order valence-corrected chi connectivity index (χ2v) is 8.16. The molecule has 0 N–H and O–H groups in total. The summed E-state index contributed by atoms with van der Waals surface area (Å²) in [4.78, 5) is 2.60. The van der Waals surface area contributed by atoms with Gasteiger partial charge in [-0.1, -0.05) is 72.8 Å². The van der Waals surface area contributed by atoms with Crippen molar-refractivity contribution in [2.45, 2.75) is 31.1 Å². The van der Waals surface area contributed by atoms with Gasteiger partial charge >= 0.3 is 0 Å². The first-order chi connectivity index (χ1) is 13.3. The van der Waals surface area contributed by atoms with Gasteiger partial charge in [-0.2, -0.15) is 5.26 Å². The van der Waals surface area contributed by atoms with Gasteiger partial charge in [0.1, 0.15) is 5.41 Å². The molecule has 0 unspecified atom stereocenters. The van der Waals surface area contributed by atoms with Crippen molar-refractivity contribution in [1.29, 1.82) is 5.26 Å². The van der Waals surface area contributed by atoms with Crippen LogP contribution < -0.4 is 0 Å². The van der Waals surface area contributed by atoms with Crippen LogP contribution in [0.25, 0.3) is 0 Å². The van der Waals surface area contributed by atoms with E-state index in [1.54, 1.807) is 0 Å². The predicted molar refractivity (Wildman–Crippen MR) is 110 cm³/mol. The van der Waals surface area contributed by atoms with E-state index >= 15 is 0 Å². The Bertz CT molecular complexity index is 742. The third-order valence-electron chi connectivity index (χ3n) is 6.37. The summed E-state index contributed by atoms with van der Waals surface area (Å²) in [6.07, 6.45) is 9.97. The molecule has 2 bridgehead atoms. The molecule has 2 aromatic carbocycles. The number of benzene rings is 2. The maximum atomic E-state index is 10.2. The van der Waals surface area contributed by atoms with Crippen molar-refractivity contribution in [3.63, 3.8) is 0 Å². The van der Waals surface area contributed by atoms with Gasteiger partial charge in [0, 0.05) is 19.6 Å². The Morgan fingerprint density at radius 1 is 0.852 bits per heavy atom. The standard InChI is InChI=1S/C25H28N2/c26-20-25(23-8-3-1-4-9-23,24-10-5-2-6-11-24)16-7-17-27-18-21-12-13-22(19-27)15-14-21/h1-11,16,21-22H,12-15,17-19H2/b16-7+. The SMILES string of the molecule is N#CC(/C=C/CN1CC2CCC(CC2)C1)(c1ccccc1)c1ccccc1. The molecule has 0 amide bonds. The molecular formula is C25H28N2. The van der Waals surface area contributed by atoms with E-state index in [1.807, 2.05) is 36.4 Å². The van der Waals surface area contributed by atoms with Gasteiger partial charge in [-0.3, -0.25) is 4.90 Å². The van der Waals surface area contributed by atoms with Crippen LogP contribution in [-0.2, 0) is 5.41 Å². The molecule has 0 radical (unpaired) electrons. The van der Waals surface area contributed by atoms with Crippen LogP contribution in [0.5, 0.6) is 0 Å². The van der Waals surface area contributed by atoms with Crippen molar-refractivity contribution < 1.29 is 0 Å². The number of nitriles is 1. The van der Waals surface area contributed by atoms with Crippen molar-refractivity contribution in [2.24, 2.45) is 11.8 Å². The minimum absolute atomic E-state index is 0.729. The summed E-state index contributed by atoms with van der Waals surface area (Å²) in [5.41, 5.74) is 1.34. The zero-order valence-corrected chi connectivity index (χ0v) is 15.9. The fourth-order valence-electron chi connectivity index (χ4n) is 4.86. The average Bonchev–Trinajstić information content (AvgIpc) is 3.06. The Morgan fingerprint density at radius 3 is 1.78 bits per heavy atom. The highest BCUT2D eigenvalue weighted by Crippen LogP contribution is 2.35. The van der Waals surface area contributed by atoms with E-state index in [-0.39, 0.29) is 0 Å². The first-order valence-corrected chi connectivity index (χ1v) is 10.2. The van der Waals surface area contributed by atoms with Gasteiger partial charge < -0.3 is 0 Å². The van der Waals surface area contributed by atoms with Gasteiger partial charge in [-0.05, 0) is 48.6 Å². The summed E-state index contributed by atoms with van der Waals surface area (Å²) in [5.74, 6) is 1.75. The van der Waals surface area contributed by atoms with Crippen molar-refractivity contribution in [3.05, 3.63) is 83.9 Å². The molecule has 0 spiro atoms. The van der Waals surface area contributed by atoms with Crippen LogP contribution in [0.4, 0.5) is 0 Å². The highest BCUT2D eigenvalue weighted by Gasteiger charge is 2.32. The third kappa shape index (κ3) is 3.84. The third-order valence-corrected chi connectivity index (χ3v) is 6.37. The quantitative estimate of drug-likeness (QED) is 0.691. The molecule has 2 nitrogen and oxygen atoms in total. The molecule has 2 heterocycles. The number of hydrogen-bond donors (Lipinski definition) is 0. The van der Waals surface area contributed by atoms with Crippen LogP contribution >= 0.6 is 0 Å². The van der Waals surface area contributed by atoms with E-state index in [4.69, 9.17) is 0 Å². The number of allylic oxidation sites excluding steroid dienone is 1. The molecule has 5 rings (SSSR count). The molecule has 138 valence electrons. The van der Waals surface area contributed by atoms with Crippen LogP contribution in [0.2, 0.25) is 0 Å². The monoisotopic (exact) mass is 356 g/mol. The van der Waals surface area contributed by atoms with E-state index in [0.717, 1.165) is 29.5 Å². The van der Waals surface area contributed by atoms with E-state index < -0.39 is 5.41 Å². The Kier molecular flexibility index (Phi) is 5.41. The molecule has 1 saturated carbocycles. The first-order valence-electron chi connectivity index (χ1n) is 10.2. The van der Waals surface area contributed by atoms with Gasteiger partial charge in [-0.25, -0.2) is 0 Å². The molecule has 1 aliphatic carbocycles. The lowest BCUT2D eigenvalue weighted by Crippen LogP contribution is -2.29. The summed E-state index contributed by atoms with van der Waals surface area (Å²) in [5, 5.41) is 10.2. The zero-order chi connectivity index (χ0) is 18.5. The molecular weight excluding hydrogens is 328 g/mol. The Labute approximate surface area is 163 Å². The highest BCUT2D eigenvalue weighted by atomic mass is 15.1. The second kappa shape index (κ2) is 8.11. The molecule has 3 aliphatic rings. The molecule has 3 fully saturated rings. The maximum absolute atomic E-state index is 10.2. The van der Waals surface area contributed by atoms with Crippen LogP contribution in [-0.4, -0.2) is 24.5 Å². The normalized spacial score (nSPS) is 23.2. The van der Waals surface area contributed by atoms with Gasteiger partial charge in [0.25, 0.3) is 0 Å². The van der Waals surface area contributed by atoms with E-state index in [0.29, 0.717) is 0 Å². The molecule has 2 aromatic rings. The Hall–Kier alpha value is -2.37. The highest BCUT2D eigenvalue weighted by molar-refractivity contribution is 5.50. The average molecular weight is 357 g/mol. The van der Waals surface area contributed by atoms with Crippen molar-refractivity contribution in [1.82, 2.24) is 4.90 Å². The molecule has 2 saturated heterocycles. The number of fused-ring (bicyclic) bond motifs is 4. The summed E-state index contributed by atoms with van der Waals surface area (Å²) in [7, 11) is 0. The Morgan fingerprint density at radius 2 is 1.33 bits per heavy atom. The van der Waals surface area contributed by atoms with Crippen molar-refractivity contribution in [2.75, 3.05) is 19.6 Å². The number of nitrogens with zero attached hydrogens (tertiary/aromatic N) is 2. The van der Waals surface area contributed by atoms with Crippen molar-refractivity contribution in [3.8, 4) is 6.07 Å². The summed E-state index contributed by atoms with van der Waals surface area (Å²) in [6, 6.07) is 23.0. The fraction of sp³-hybridized carbons (Fsp3) is 0.400. The van der Waals surface area contributed by atoms with E-state index in [2.05, 4.69) is 47.4 Å². The number of rotatable bonds is 5. The van der Waals surface area contributed by atoms with Gasteiger partial charge in [0.05, 0.1) is 6.07 Å². The smallest absolute Gasteiger partial charge is 0.125 e. The van der Waals surface area contributed by atoms with E-state index in [1.165, 1.54) is 38.8 Å². The lowest BCUT2D eigenvalue weighted by molar-refractivity contribution is 0.278. The summed E-state index contributed by atoms with van der Waals surface area (Å²) >= 11 is 0. The second-order valence-electron chi connectivity index (χ2n) is 8.16. The lowest BCUT2D eigenvalue weighted by atomic mass is 9.75. The zero-order valence-electron chi connectivity index (χ0n) is 15.9. The van der Waals surface area contributed by atoms with Gasteiger partial charge in [-0.15, -0.1) is 0 Å². The summed E-state index contributed by atoms with van der Waals surface area (Å²) in [6.45, 7) is 3.38. The lowest BCUT2D eigenvalue weighted by Gasteiger charge is -2.25. The fourth-order valence-corrected chi connectivity index (χ4v) is 4.86. The first kappa shape index (κ1) is 18.0. The van der Waals surface area contributed by atoms with Crippen LogP contribution in [0.1, 0.15) is 36.8 Å². The van der Waals surface area contributed by atoms with Crippen LogP contribution in [0.15, 0.2) is 72.8 Å². The minimum Gasteiger partial charge on any atom is -0.299 e. The molecule has 0 atom stereocenters. The minimum atomic E-state index is -0.729. The number of hydrogen-bond acceptors (Lipinski definition) is 2.